The Bertz CT molecular complexity index is 1080. The zero-order valence-corrected chi connectivity index (χ0v) is 16.6. The maximum Gasteiger partial charge on any atom is 0.246 e. The maximum absolute atomic E-state index is 12.3. The molecule has 1 N–H and O–H groups in total. The molecule has 0 saturated carbocycles. The summed E-state index contributed by atoms with van der Waals surface area (Å²) in [5.74, 6) is -0.155. The van der Waals surface area contributed by atoms with E-state index in [9.17, 15) is 4.79 Å². The van der Waals surface area contributed by atoms with Crippen molar-refractivity contribution in [2.24, 2.45) is 0 Å². The van der Waals surface area contributed by atoms with Crippen molar-refractivity contribution in [2.45, 2.75) is 13.2 Å². The standard InChI is InChI=1S/C25H23N3O2/c29-24(19-30-18-20-10-4-1-5-11-20)26-16-22-17-28(23-14-8-3-9-15-23)27-25(22)21-12-6-2-7-13-21/h1-15,17H,16,18-19H2,(H,26,29). The average molecular weight is 397 g/mol. The molecule has 0 aliphatic rings. The number of carbonyl (C=O) groups is 1. The average Bonchev–Trinajstić information content (AvgIpc) is 3.24. The highest BCUT2D eigenvalue weighted by atomic mass is 16.5. The van der Waals surface area contributed by atoms with Gasteiger partial charge in [-0.3, -0.25) is 4.79 Å². The van der Waals surface area contributed by atoms with Crippen LogP contribution in [0.25, 0.3) is 16.9 Å². The molecule has 0 aliphatic carbocycles. The Kier molecular flexibility index (Phi) is 6.32. The molecule has 3 aromatic carbocycles. The van der Waals surface area contributed by atoms with Gasteiger partial charge in [-0.15, -0.1) is 0 Å². The fourth-order valence-corrected chi connectivity index (χ4v) is 3.17. The molecule has 1 heterocycles. The number of hydrogen-bond donors (Lipinski definition) is 1. The molecule has 1 aromatic heterocycles. The molecule has 0 spiro atoms. The van der Waals surface area contributed by atoms with Gasteiger partial charge >= 0.3 is 0 Å². The van der Waals surface area contributed by atoms with Gasteiger partial charge in [0.2, 0.25) is 5.91 Å². The number of nitrogens with one attached hydrogen (secondary N) is 1. The van der Waals surface area contributed by atoms with Crippen LogP contribution in [-0.4, -0.2) is 22.3 Å². The van der Waals surface area contributed by atoms with E-state index in [-0.39, 0.29) is 12.5 Å². The molecule has 0 fully saturated rings. The Balaban J connectivity index is 1.43. The molecule has 5 nitrogen and oxygen atoms in total. The van der Waals surface area contributed by atoms with E-state index in [1.807, 2.05) is 102 Å². The summed E-state index contributed by atoms with van der Waals surface area (Å²) in [6.45, 7) is 0.808. The van der Waals surface area contributed by atoms with Crippen molar-refractivity contribution < 1.29 is 9.53 Å². The van der Waals surface area contributed by atoms with Gasteiger partial charge in [0.15, 0.2) is 0 Å². The van der Waals surface area contributed by atoms with Crippen molar-refractivity contribution in [3.63, 3.8) is 0 Å². The largest absolute Gasteiger partial charge is 0.367 e. The zero-order chi connectivity index (χ0) is 20.6. The lowest BCUT2D eigenvalue weighted by atomic mass is 10.1. The number of carbonyl (C=O) groups excluding carboxylic acids is 1. The lowest BCUT2D eigenvalue weighted by Gasteiger charge is -2.07. The van der Waals surface area contributed by atoms with Crippen molar-refractivity contribution in [3.05, 3.63) is 108 Å². The van der Waals surface area contributed by atoms with Gasteiger partial charge in [-0.05, 0) is 17.7 Å². The smallest absolute Gasteiger partial charge is 0.246 e. The van der Waals surface area contributed by atoms with E-state index in [0.717, 1.165) is 28.1 Å². The van der Waals surface area contributed by atoms with E-state index in [1.165, 1.54) is 0 Å². The van der Waals surface area contributed by atoms with E-state index in [1.54, 1.807) is 0 Å². The Labute approximate surface area is 175 Å². The van der Waals surface area contributed by atoms with E-state index in [0.29, 0.717) is 13.2 Å². The highest BCUT2D eigenvalue weighted by Gasteiger charge is 2.13. The first-order chi connectivity index (χ1) is 14.8. The first kappa shape index (κ1) is 19.6. The number of amides is 1. The summed E-state index contributed by atoms with van der Waals surface area (Å²) < 4.78 is 7.37. The Morgan fingerprint density at radius 3 is 2.20 bits per heavy atom. The van der Waals surface area contributed by atoms with Crippen molar-refractivity contribution >= 4 is 5.91 Å². The zero-order valence-electron chi connectivity index (χ0n) is 16.6. The third kappa shape index (κ3) is 5.01. The van der Waals surface area contributed by atoms with Crippen LogP contribution in [-0.2, 0) is 22.7 Å². The van der Waals surface area contributed by atoms with Crippen LogP contribution in [0.2, 0.25) is 0 Å². The van der Waals surface area contributed by atoms with Crippen LogP contribution in [0.3, 0.4) is 0 Å². The molecule has 4 aromatic rings. The van der Waals surface area contributed by atoms with E-state index in [2.05, 4.69) is 5.32 Å². The van der Waals surface area contributed by atoms with Gasteiger partial charge in [0.05, 0.1) is 18.0 Å². The third-order valence-electron chi connectivity index (χ3n) is 4.68. The molecular weight excluding hydrogens is 374 g/mol. The molecule has 150 valence electrons. The van der Waals surface area contributed by atoms with Crippen LogP contribution in [0, 0.1) is 0 Å². The SMILES string of the molecule is O=C(COCc1ccccc1)NCc1cn(-c2ccccc2)nc1-c1ccccc1. The molecule has 0 radical (unpaired) electrons. The van der Waals surface area contributed by atoms with Gasteiger partial charge in [-0.2, -0.15) is 5.10 Å². The van der Waals surface area contributed by atoms with E-state index < -0.39 is 0 Å². The molecule has 0 aliphatic heterocycles. The molecule has 0 unspecified atom stereocenters. The first-order valence-corrected chi connectivity index (χ1v) is 9.87. The molecule has 4 rings (SSSR count). The monoisotopic (exact) mass is 397 g/mol. The number of nitrogens with zero attached hydrogens (tertiary/aromatic N) is 2. The fraction of sp³-hybridized carbons (Fsp3) is 0.120. The van der Waals surface area contributed by atoms with Gasteiger partial charge < -0.3 is 10.1 Å². The van der Waals surface area contributed by atoms with E-state index >= 15 is 0 Å². The van der Waals surface area contributed by atoms with Gasteiger partial charge in [-0.25, -0.2) is 4.68 Å². The van der Waals surface area contributed by atoms with Crippen LogP contribution in [0.1, 0.15) is 11.1 Å². The molecular formula is C25H23N3O2. The Morgan fingerprint density at radius 1 is 0.867 bits per heavy atom. The topological polar surface area (TPSA) is 56.1 Å². The highest BCUT2D eigenvalue weighted by Crippen LogP contribution is 2.23. The second-order valence-electron chi connectivity index (χ2n) is 6.90. The third-order valence-corrected chi connectivity index (χ3v) is 4.68. The van der Waals surface area contributed by atoms with Crippen LogP contribution >= 0.6 is 0 Å². The second-order valence-corrected chi connectivity index (χ2v) is 6.90. The number of hydrogen-bond acceptors (Lipinski definition) is 3. The summed E-state index contributed by atoms with van der Waals surface area (Å²) in [6.07, 6.45) is 1.96. The number of ether oxygens (including phenoxy) is 1. The van der Waals surface area contributed by atoms with Crippen molar-refractivity contribution in [2.75, 3.05) is 6.61 Å². The summed E-state index contributed by atoms with van der Waals surface area (Å²) in [5, 5.41) is 7.71. The van der Waals surface area contributed by atoms with Crippen LogP contribution in [0.15, 0.2) is 97.2 Å². The Hall–Kier alpha value is -3.70. The Morgan fingerprint density at radius 2 is 1.50 bits per heavy atom. The first-order valence-electron chi connectivity index (χ1n) is 9.87. The number of rotatable bonds is 8. The second kappa shape index (κ2) is 9.67. The predicted molar refractivity (Wildman–Crippen MR) is 117 cm³/mol. The van der Waals surface area contributed by atoms with Crippen LogP contribution in [0.5, 0.6) is 0 Å². The van der Waals surface area contributed by atoms with Gasteiger partial charge in [0.1, 0.15) is 6.61 Å². The van der Waals surface area contributed by atoms with Crippen LogP contribution < -0.4 is 5.32 Å². The molecule has 30 heavy (non-hydrogen) atoms. The van der Waals surface area contributed by atoms with Crippen molar-refractivity contribution in [1.82, 2.24) is 15.1 Å². The van der Waals surface area contributed by atoms with Crippen molar-refractivity contribution in [3.8, 4) is 16.9 Å². The normalized spacial score (nSPS) is 10.7. The molecule has 5 heteroatoms. The molecule has 1 amide bonds. The number of benzene rings is 3. The minimum Gasteiger partial charge on any atom is -0.367 e. The summed E-state index contributed by atoms with van der Waals surface area (Å²) in [4.78, 5) is 12.3. The summed E-state index contributed by atoms with van der Waals surface area (Å²) in [5.41, 5.74) is 4.82. The minimum atomic E-state index is -0.155. The summed E-state index contributed by atoms with van der Waals surface area (Å²) in [7, 11) is 0. The quantitative estimate of drug-likeness (QED) is 0.480. The van der Waals surface area contributed by atoms with Crippen molar-refractivity contribution in [1.29, 1.82) is 0 Å². The van der Waals surface area contributed by atoms with Gasteiger partial charge in [-0.1, -0.05) is 78.9 Å². The maximum atomic E-state index is 12.3. The lowest BCUT2D eigenvalue weighted by Crippen LogP contribution is -2.27. The number of aromatic nitrogens is 2. The molecule has 0 bridgehead atoms. The summed E-state index contributed by atoms with van der Waals surface area (Å²) >= 11 is 0. The molecule has 0 saturated heterocycles. The highest BCUT2D eigenvalue weighted by molar-refractivity contribution is 5.77. The summed E-state index contributed by atoms with van der Waals surface area (Å²) in [6, 6.07) is 29.7. The van der Waals surface area contributed by atoms with E-state index in [4.69, 9.17) is 9.84 Å². The number of para-hydroxylation sites is 1. The minimum absolute atomic E-state index is 0.0163. The van der Waals surface area contributed by atoms with Crippen LogP contribution in [0.4, 0.5) is 0 Å². The fourth-order valence-electron chi connectivity index (χ4n) is 3.17. The van der Waals surface area contributed by atoms with Gasteiger partial charge in [0, 0.05) is 23.9 Å². The molecule has 0 atom stereocenters. The lowest BCUT2D eigenvalue weighted by molar-refractivity contribution is -0.126. The predicted octanol–water partition coefficient (Wildman–Crippen LogP) is 4.37. The van der Waals surface area contributed by atoms with Gasteiger partial charge in [0.25, 0.3) is 0 Å².